The Bertz CT molecular complexity index is 267. The van der Waals surface area contributed by atoms with Crippen LogP contribution in [-0.2, 0) is 18.6 Å². The van der Waals surface area contributed by atoms with E-state index < -0.39 is 19.9 Å². The van der Waals surface area contributed by atoms with Gasteiger partial charge in [-0.15, -0.1) is 0 Å². The van der Waals surface area contributed by atoms with Crippen LogP contribution in [0.1, 0.15) is 20.3 Å². The fourth-order valence-electron chi connectivity index (χ4n) is 1.56. The summed E-state index contributed by atoms with van der Waals surface area (Å²) in [5.41, 5.74) is 0. The molecule has 0 saturated carbocycles. The van der Waals surface area contributed by atoms with E-state index in [1.54, 1.807) is 0 Å². The second kappa shape index (κ2) is 5.62. The monoisotopic (exact) mass is 249 g/mol. The summed E-state index contributed by atoms with van der Waals surface area (Å²) < 4.78 is 25.4. The molecule has 0 spiro atoms. The van der Waals surface area contributed by atoms with Gasteiger partial charge in [-0.05, 0) is 20.3 Å². The van der Waals surface area contributed by atoms with Crippen molar-refractivity contribution in [2.45, 2.75) is 44.6 Å². The van der Waals surface area contributed by atoms with Crippen LogP contribution in [0, 0.1) is 0 Å². The predicted molar refractivity (Wildman–Crippen MR) is 54.8 cm³/mol. The van der Waals surface area contributed by atoms with Crippen molar-refractivity contribution in [1.82, 2.24) is 0 Å². The Kier molecular flexibility index (Phi) is 4.97. The zero-order chi connectivity index (χ0) is 12.3. The van der Waals surface area contributed by atoms with Crippen LogP contribution in [0.4, 0.5) is 0 Å². The third-order valence-corrected chi connectivity index (χ3v) is 2.55. The molecule has 1 heterocycles. The molecule has 1 rings (SSSR count). The molecular weight excluding hydrogens is 234 g/mol. The molecule has 0 aromatic rings. The van der Waals surface area contributed by atoms with E-state index in [1.807, 2.05) is 13.8 Å². The molecule has 16 heavy (non-hydrogen) atoms. The highest BCUT2D eigenvalue weighted by atomic mass is 31.2. The Labute approximate surface area is 95.9 Å². The minimum atomic E-state index is -4.73. The molecule has 0 bridgehead atoms. The molecule has 8 heteroatoms. The van der Waals surface area contributed by atoms with E-state index in [2.05, 4.69) is 4.52 Å². The number of phosphoric ester groups is 1. The fourth-order valence-corrected chi connectivity index (χ4v) is 1.89. The number of hydrogen-bond acceptors (Lipinski definition) is 5. The minimum absolute atomic E-state index is 0.0189. The molecular formula is C8H15BO6P-. The maximum Gasteiger partial charge on any atom is 0.265 e. The van der Waals surface area contributed by atoms with E-state index in [1.165, 1.54) is 0 Å². The summed E-state index contributed by atoms with van der Waals surface area (Å²) in [7, 11) is 0.838. The van der Waals surface area contributed by atoms with E-state index in [4.69, 9.17) is 22.2 Å². The van der Waals surface area contributed by atoms with E-state index in [9.17, 15) is 9.46 Å². The van der Waals surface area contributed by atoms with Crippen LogP contribution in [0.5, 0.6) is 0 Å². The van der Waals surface area contributed by atoms with Gasteiger partial charge in [0, 0.05) is 6.00 Å². The second-order valence-electron chi connectivity index (χ2n) is 3.94. The Morgan fingerprint density at radius 3 is 2.81 bits per heavy atom. The summed E-state index contributed by atoms with van der Waals surface area (Å²) in [6.07, 6.45) is -0.441. The van der Waals surface area contributed by atoms with Gasteiger partial charge in [0.25, 0.3) is 7.82 Å². The molecule has 1 N–H and O–H groups in total. The lowest BCUT2D eigenvalue weighted by molar-refractivity contribution is -0.222. The molecule has 1 saturated heterocycles. The van der Waals surface area contributed by atoms with Crippen molar-refractivity contribution in [2.75, 3.05) is 6.61 Å². The summed E-state index contributed by atoms with van der Waals surface area (Å²) in [4.78, 5) is 18.9. The molecule has 0 aromatic heterocycles. The van der Waals surface area contributed by atoms with Gasteiger partial charge >= 0.3 is 0 Å². The van der Waals surface area contributed by atoms with Crippen molar-refractivity contribution >= 4 is 15.7 Å². The normalized spacial score (nSPS) is 34.2. The molecule has 1 fully saturated rings. The van der Waals surface area contributed by atoms with Gasteiger partial charge in [-0.1, -0.05) is 0 Å². The average molecular weight is 249 g/mol. The van der Waals surface area contributed by atoms with Crippen LogP contribution < -0.4 is 4.89 Å². The molecule has 4 atom stereocenters. The highest BCUT2D eigenvalue weighted by Crippen LogP contribution is 2.33. The van der Waals surface area contributed by atoms with Gasteiger partial charge in [0.15, 0.2) is 0 Å². The van der Waals surface area contributed by atoms with E-state index in [0.29, 0.717) is 6.42 Å². The van der Waals surface area contributed by atoms with Crippen molar-refractivity contribution in [3.8, 4) is 0 Å². The lowest BCUT2D eigenvalue weighted by Crippen LogP contribution is -2.31. The minimum Gasteiger partial charge on any atom is -0.756 e. The van der Waals surface area contributed by atoms with E-state index in [0.717, 1.165) is 0 Å². The van der Waals surface area contributed by atoms with Crippen molar-refractivity contribution in [1.29, 1.82) is 0 Å². The van der Waals surface area contributed by atoms with Gasteiger partial charge in [0.2, 0.25) is 0 Å². The molecule has 0 amide bonds. The van der Waals surface area contributed by atoms with Crippen LogP contribution in [0.25, 0.3) is 0 Å². The summed E-state index contributed by atoms with van der Waals surface area (Å²) in [6.45, 7) is 3.42. The van der Waals surface area contributed by atoms with Crippen LogP contribution in [-0.4, -0.2) is 43.7 Å². The zero-order valence-electron chi connectivity index (χ0n) is 9.24. The highest BCUT2D eigenvalue weighted by molar-refractivity contribution is 7.44. The first-order valence-electron chi connectivity index (χ1n) is 5.03. The Hall–Kier alpha value is 0.0949. The smallest absolute Gasteiger partial charge is 0.265 e. The quantitative estimate of drug-likeness (QED) is 0.524. The number of ether oxygens (including phenoxy) is 2. The van der Waals surface area contributed by atoms with E-state index >= 15 is 0 Å². The Morgan fingerprint density at radius 2 is 2.31 bits per heavy atom. The molecule has 2 radical (unpaired) electrons. The number of rotatable bonds is 5. The highest BCUT2D eigenvalue weighted by Gasteiger charge is 2.34. The molecule has 0 aliphatic carbocycles. The molecule has 6 nitrogen and oxygen atoms in total. The summed E-state index contributed by atoms with van der Waals surface area (Å²) in [6, 6.07) is -0.498. The molecule has 0 aromatic carbocycles. The second-order valence-corrected chi connectivity index (χ2v) is 5.13. The van der Waals surface area contributed by atoms with Crippen LogP contribution in [0.3, 0.4) is 0 Å². The standard InChI is InChI=1S/C8H16BO6P/c1-5(2)14-6-3-8(9)15-7(6)4-13-16(10,11)12/h5-8H,3-4H2,1-2H3,(H2,10,11,12)/p-1/t6-,7-,8-/m1/s1. The predicted octanol–water partition coefficient (Wildman–Crippen LogP) is -0.459. The third-order valence-electron chi connectivity index (χ3n) is 2.08. The van der Waals surface area contributed by atoms with Crippen molar-refractivity contribution in [3.05, 3.63) is 0 Å². The molecule has 92 valence electrons. The molecule has 1 aliphatic rings. The zero-order valence-corrected chi connectivity index (χ0v) is 10.1. The first-order chi connectivity index (χ1) is 7.28. The summed E-state index contributed by atoms with van der Waals surface area (Å²) in [5.74, 6) is 0. The lowest BCUT2D eigenvalue weighted by Gasteiger charge is -2.23. The van der Waals surface area contributed by atoms with Crippen molar-refractivity contribution in [2.24, 2.45) is 0 Å². The maximum absolute atomic E-state index is 10.4. The topological polar surface area (TPSA) is 88.1 Å². The molecule has 1 aliphatic heterocycles. The Balaban J connectivity index is 2.46. The number of hydrogen-bond donors (Lipinski definition) is 1. The third kappa shape index (κ3) is 4.95. The maximum atomic E-state index is 10.4. The largest absolute Gasteiger partial charge is 0.756 e. The Morgan fingerprint density at radius 1 is 1.69 bits per heavy atom. The fraction of sp³-hybridized carbons (Fsp3) is 1.00. The van der Waals surface area contributed by atoms with Gasteiger partial charge in [-0.3, -0.25) is 4.57 Å². The lowest BCUT2D eigenvalue weighted by atomic mass is 9.96. The average Bonchev–Trinajstić information content (AvgIpc) is 2.40. The van der Waals surface area contributed by atoms with Gasteiger partial charge in [-0.25, -0.2) is 0 Å². The molecule has 1 unspecified atom stereocenters. The van der Waals surface area contributed by atoms with Gasteiger partial charge in [-0.2, -0.15) is 0 Å². The number of phosphoric acid groups is 1. The van der Waals surface area contributed by atoms with Crippen LogP contribution >= 0.6 is 7.82 Å². The van der Waals surface area contributed by atoms with Crippen molar-refractivity contribution < 1.29 is 28.3 Å². The van der Waals surface area contributed by atoms with Crippen molar-refractivity contribution in [3.63, 3.8) is 0 Å². The summed E-state index contributed by atoms with van der Waals surface area (Å²) in [5, 5.41) is 0. The SMILES string of the molecule is [B][C@H]1C[C@@H](OC(C)C)[C@@H](COP(=O)([O-])O)O1. The first-order valence-corrected chi connectivity index (χ1v) is 6.52. The van der Waals surface area contributed by atoms with Gasteiger partial charge < -0.3 is 23.8 Å². The first kappa shape index (κ1) is 14.2. The van der Waals surface area contributed by atoms with Gasteiger partial charge in [0.1, 0.15) is 14.0 Å². The van der Waals surface area contributed by atoms with Gasteiger partial charge in [0.05, 0.1) is 18.8 Å². The van der Waals surface area contributed by atoms with E-state index in [-0.39, 0.29) is 18.8 Å². The van der Waals surface area contributed by atoms with Crippen LogP contribution in [0.15, 0.2) is 0 Å². The van der Waals surface area contributed by atoms with Crippen LogP contribution in [0.2, 0.25) is 0 Å². The summed E-state index contributed by atoms with van der Waals surface area (Å²) >= 11 is 0.